The van der Waals surface area contributed by atoms with Gasteiger partial charge in [-0.2, -0.15) is 12.6 Å². The van der Waals surface area contributed by atoms with Gasteiger partial charge in [-0.25, -0.2) is 0 Å². The van der Waals surface area contributed by atoms with Crippen LogP contribution in [0.25, 0.3) is 0 Å². The molecule has 20 heavy (non-hydrogen) atoms. The van der Waals surface area contributed by atoms with E-state index in [9.17, 15) is 0 Å². The lowest BCUT2D eigenvalue weighted by Crippen LogP contribution is -2.56. The van der Waals surface area contributed by atoms with Crippen molar-refractivity contribution in [1.82, 2.24) is 0 Å². The van der Waals surface area contributed by atoms with Crippen LogP contribution in [0.1, 0.15) is 79.1 Å². The molecule has 2 saturated carbocycles. The molecule has 0 amide bonds. The van der Waals surface area contributed by atoms with E-state index in [1.165, 1.54) is 51.4 Å². The first-order valence-electron chi connectivity index (χ1n) is 8.71. The van der Waals surface area contributed by atoms with Gasteiger partial charge < -0.3 is 0 Å². The summed E-state index contributed by atoms with van der Waals surface area (Å²) < 4.78 is 1.15. The van der Waals surface area contributed by atoms with Crippen LogP contribution in [0.4, 0.5) is 0 Å². The quantitative estimate of drug-likeness (QED) is 0.306. The molecular formula is C18H33IS. The topological polar surface area (TPSA) is 0 Å². The van der Waals surface area contributed by atoms with E-state index < -0.39 is 0 Å². The molecule has 6 atom stereocenters. The molecule has 0 saturated heterocycles. The maximum atomic E-state index is 5.37. The summed E-state index contributed by atoms with van der Waals surface area (Å²) in [6.07, 6.45) is 11.1. The molecule has 2 aliphatic carbocycles. The molecule has 0 bridgehead atoms. The summed E-state index contributed by atoms with van der Waals surface area (Å²) >= 11 is 8.12. The third-order valence-corrected chi connectivity index (χ3v) is 9.79. The Balaban J connectivity index is 2.19. The lowest BCUT2D eigenvalue weighted by molar-refractivity contribution is 0.0112. The molecule has 2 aliphatic rings. The van der Waals surface area contributed by atoms with Gasteiger partial charge in [0.05, 0.1) is 0 Å². The molecule has 0 nitrogen and oxygen atoms in total. The molecule has 2 heteroatoms. The molecule has 0 aromatic rings. The maximum Gasteiger partial charge on any atom is 0.0189 e. The zero-order valence-corrected chi connectivity index (χ0v) is 16.8. The zero-order valence-electron chi connectivity index (χ0n) is 13.8. The summed E-state index contributed by atoms with van der Waals surface area (Å²) in [6.45, 7) is 9.78. The van der Waals surface area contributed by atoms with Crippen molar-refractivity contribution in [3.63, 3.8) is 0 Å². The second kappa shape index (κ2) is 6.68. The second-order valence-electron chi connectivity index (χ2n) is 7.94. The van der Waals surface area contributed by atoms with Gasteiger partial charge in [-0.05, 0) is 61.7 Å². The van der Waals surface area contributed by atoms with Crippen LogP contribution in [-0.2, 0) is 0 Å². The van der Waals surface area contributed by atoms with Crippen molar-refractivity contribution in [3.8, 4) is 0 Å². The molecule has 0 N–H and O–H groups in total. The van der Waals surface area contributed by atoms with Crippen LogP contribution in [0, 0.1) is 23.2 Å². The minimum absolute atomic E-state index is 0.292. The van der Waals surface area contributed by atoms with Crippen LogP contribution >= 0.6 is 35.2 Å². The van der Waals surface area contributed by atoms with Crippen molar-refractivity contribution in [2.45, 2.75) is 87.7 Å². The predicted molar refractivity (Wildman–Crippen MR) is 102 cm³/mol. The highest BCUT2D eigenvalue weighted by molar-refractivity contribution is 14.1. The van der Waals surface area contributed by atoms with Crippen LogP contribution < -0.4 is 0 Å². The predicted octanol–water partition coefficient (Wildman–Crippen LogP) is 6.52. The van der Waals surface area contributed by atoms with Gasteiger partial charge in [0.25, 0.3) is 0 Å². The maximum absolute atomic E-state index is 5.37. The normalized spacial score (nSPS) is 46.8. The standard InChI is InChI=1S/C18H33IS/c1-5-13(2)9-12-18(20)14(3)10-11-17(4)15(18)7-6-8-16(17)19/h13-16,20H,5-12H2,1-4H3. The minimum atomic E-state index is 0.292. The number of hydrogen-bond acceptors (Lipinski definition) is 1. The Kier molecular flexibility index (Phi) is 5.82. The van der Waals surface area contributed by atoms with Crippen molar-refractivity contribution >= 4 is 35.2 Å². The van der Waals surface area contributed by atoms with Crippen molar-refractivity contribution in [2.24, 2.45) is 23.2 Å². The molecule has 2 fully saturated rings. The fourth-order valence-electron chi connectivity index (χ4n) is 4.75. The molecule has 0 aliphatic heterocycles. The summed E-state index contributed by atoms with van der Waals surface area (Å²) in [4.78, 5) is 0. The first kappa shape index (κ1) is 17.4. The van der Waals surface area contributed by atoms with Crippen LogP contribution in [0.5, 0.6) is 0 Å². The fraction of sp³-hybridized carbons (Fsp3) is 1.00. The summed E-state index contributed by atoms with van der Waals surface area (Å²) in [5.41, 5.74) is 0.544. The fourth-order valence-corrected chi connectivity index (χ4v) is 6.62. The van der Waals surface area contributed by atoms with Gasteiger partial charge >= 0.3 is 0 Å². The average molecular weight is 408 g/mol. The van der Waals surface area contributed by atoms with E-state index in [1.807, 2.05) is 0 Å². The Morgan fingerprint density at radius 2 is 2.00 bits per heavy atom. The Labute approximate surface area is 145 Å². The minimum Gasteiger partial charge on any atom is -0.172 e. The Morgan fingerprint density at radius 1 is 1.30 bits per heavy atom. The van der Waals surface area contributed by atoms with Crippen molar-refractivity contribution in [1.29, 1.82) is 0 Å². The van der Waals surface area contributed by atoms with Crippen LogP contribution in [0.3, 0.4) is 0 Å². The lowest BCUT2D eigenvalue weighted by atomic mass is 9.53. The first-order chi connectivity index (χ1) is 9.34. The highest BCUT2D eigenvalue weighted by atomic mass is 127. The number of fused-ring (bicyclic) bond motifs is 1. The molecule has 118 valence electrons. The van der Waals surface area contributed by atoms with Crippen molar-refractivity contribution < 1.29 is 0 Å². The molecule has 0 radical (unpaired) electrons. The summed E-state index contributed by atoms with van der Waals surface area (Å²) in [6, 6.07) is 0. The van der Waals surface area contributed by atoms with E-state index in [1.54, 1.807) is 0 Å². The molecule has 6 unspecified atom stereocenters. The van der Waals surface area contributed by atoms with Crippen LogP contribution in [0.2, 0.25) is 0 Å². The van der Waals surface area contributed by atoms with Gasteiger partial charge in [0.15, 0.2) is 0 Å². The third kappa shape index (κ3) is 3.07. The van der Waals surface area contributed by atoms with E-state index in [4.69, 9.17) is 12.6 Å². The largest absolute Gasteiger partial charge is 0.172 e. The third-order valence-electron chi connectivity index (χ3n) is 6.77. The van der Waals surface area contributed by atoms with Gasteiger partial charge in [-0.1, -0.05) is 63.1 Å². The number of alkyl halides is 1. The van der Waals surface area contributed by atoms with Crippen LogP contribution in [0.15, 0.2) is 0 Å². The monoisotopic (exact) mass is 408 g/mol. The lowest BCUT2D eigenvalue weighted by Gasteiger charge is -2.59. The number of thiol groups is 1. The molecule has 0 spiro atoms. The smallest absolute Gasteiger partial charge is 0.0189 e. The van der Waals surface area contributed by atoms with Gasteiger partial charge in [-0.15, -0.1) is 0 Å². The molecule has 0 aromatic carbocycles. The van der Waals surface area contributed by atoms with Crippen LogP contribution in [-0.4, -0.2) is 8.67 Å². The number of halogens is 1. The first-order valence-corrected chi connectivity index (χ1v) is 10.4. The van der Waals surface area contributed by atoms with Gasteiger partial charge in [0, 0.05) is 8.67 Å². The van der Waals surface area contributed by atoms with Crippen molar-refractivity contribution in [3.05, 3.63) is 0 Å². The van der Waals surface area contributed by atoms with E-state index in [-0.39, 0.29) is 0 Å². The van der Waals surface area contributed by atoms with Gasteiger partial charge in [0.2, 0.25) is 0 Å². The summed E-state index contributed by atoms with van der Waals surface area (Å²) in [7, 11) is 0. The van der Waals surface area contributed by atoms with Crippen molar-refractivity contribution in [2.75, 3.05) is 0 Å². The van der Waals surface area contributed by atoms with Gasteiger partial charge in [-0.3, -0.25) is 0 Å². The van der Waals surface area contributed by atoms with E-state index in [0.29, 0.717) is 10.2 Å². The van der Waals surface area contributed by atoms with E-state index in [2.05, 4.69) is 50.3 Å². The highest BCUT2D eigenvalue weighted by Crippen LogP contribution is 2.61. The molecule has 2 rings (SSSR count). The van der Waals surface area contributed by atoms with E-state index >= 15 is 0 Å². The van der Waals surface area contributed by atoms with Gasteiger partial charge in [0.1, 0.15) is 0 Å². The second-order valence-corrected chi connectivity index (χ2v) is 10.3. The molecular weight excluding hydrogens is 375 g/mol. The average Bonchev–Trinajstić information content (AvgIpc) is 2.43. The Morgan fingerprint density at radius 3 is 2.65 bits per heavy atom. The Hall–Kier alpha value is 1.08. The zero-order chi connectivity index (χ0) is 15.0. The highest BCUT2D eigenvalue weighted by Gasteiger charge is 2.55. The summed E-state index contributed by atoms with van der Waals surface area (Å²) in [5, 5.41) is 0. The molecule has 0 aromatic heterocycles. The van der Waals surface area contributed by atoms with E-state index in [0.717, 1.165) is 21.7 Å². The number of rotatable bonds is 4. The summed E-state index contributed by atoms with van der Waals surface area (Å²) in [5.74, 6) is 2.48. The number of hydrogen-bond donors (Lipinski definition) is 1. The SMILES string of the molecule is CCC(C)CCC1(S)C(C)CCC2(C)C(I)CCCC21. The Bertz CT molecular complexity index is 331. The molecule has 0 heterocycles.